The van der Waals surface area contributed by atoms with Gasteiger partial charge in [-0.2, -0.15) is 0 Å². The summed E-state index contributed by atoms with van der Waals surface area (Å²) < 4.78 is 44.7. The molecule has 36 heavy (non-hydrogen) atoms. The molecular formula is C23H29FN4O7S. The van der Waals surface area contributed by atoms with Crippen molar-refractivity contribution in [3.8, 4) is 5.75 Å². The molecule has 0 aliphatic heterocycles. The number of benzene rings is 2. The van der Waals surface area contributed by atoms with Crippen LogP contribution in [0.2, 0.25) is 0 Å². The zero-order valence-electron chi connectivity index (χ0n) is 20.4. The molecule has 196 valence electrons. The number of hydrogen-bond acceptors (Lipinski definition) is 7. The van der Waals surface area contributed by atoms with Gasteiger partial charge in [0.15, 0.2) is 0 Å². The van der Waals surface area contributed by atoms with Crippen LogP contribution in [0.15, 0.2) is 42.5 Å². The molecule has 0 saturated carbocycles. The molecule has 0 bridgehead atoms. The largest absolute Gasteiger partial charge is 0.495 e. The van der Waals surface area contributed by atoms with Gasteiger partial charge in [0.05, 0.1) is 18.3 Å². The highest BCUT2D eigenvalue weighted by molar-refractivity contribution is 7.92. The molecule has 0 heterocycles. The fourth-order valence-electron chi connectivity index (χ4n) is 3.58. The minimum Gasteiger partial charge on any atom is -0.495 e. The van der Waals surface area contributed by atoms with Crippen molar-refractivity contribution < 1.29 is 32.1 Å². The highest BCUT2D eigenvalue weighted by Crippen LogP contribution is 2.34. The number of hydrogen-bond donors (Lipinski definition) is 1. The lowest BCUT2D eigenvalue weighted by atomic mass is 10.1. The Morgan fingerprint density at radius 3 is 2.31 bits per heavy atom. The number of nitrogens with one attached hydrogen (secondary N) is 1. The van der Waals surface area contributed by atoms with Gasteiger partial charge in [-0.15, -0.1) is 0 Å². The molecule has 0 radical (unpaired) electrons. The Balaban J connectivity index is 2.54. The predicted molar refractivity (Wildman–Crippen MR) is 132 cm³/mol. The van der Waals surface area contributed by atoms with Crippen molar-refractivity contribution in [3.63, 3.8) is 0 Å². The summed E-state index contributed by atoms with van der Waals surface area (Å²) in [7, 11) is -2.87. The lowest BCUT2D eigenvalue weighted by molar-refractivity contribution is -0.384. The quantitative estimate of drug-likeness (QED) is 0.332. The summed E-state index contributed by atoms with van der Waals surface area (Å²) in [4.78, 5) is 38.1. The fourth-order valence-corrected chi connectivity index (χ4v) is 4.42. The Morgan fingerprint density at radius 2 is 1.81 bits per heavy atom. The van der Waals surface area contributed by atoms with Gasteiger partial charge in [0.1, 0.15) is 29.8 Å². The van der Waals surface area contributed by atoms with E-state index in [0.29, 0.717) is 16.4 Å². The molecule has 1 N–H and O–H groups in total. The van der Waals surface area contributed by atoms with Gasteiger partial charge in [-0.1, -0.05) is 19.1 Å². The standard InChI is InChI=1S/C23H29FN4O7S/c1-5-19(23(30)25-6-2)26(14-16-7-9-17(24)10-8-16)22(29)15-27(36(4,33)34)20-13-18(28(31)32)11-12-21(20)35-3/h7-13,19H,5-6,14-15H2,1-4H3,(H,25,30)/t19-/m0/s1. The number of likely N-dealkylation sites (N-methyl/N-ethyl adjacent to an activating group) is 1. The van der Waals surface area contributed by atoms with Crippen LogP contribution in [0.5, 0.6) is 5.75 Å². The maximum absolute atomic E-state index is 13.6. The lowest BCUT2D eigenvalue weighted by Crippen LogP contribution is -2.52. The Labute approximate surface area is 209 Å². The monoisotopic (exact) mass is 524 g/mol. The Hall–Kier alpha value is -3.74. The summed E-state index contributed by atoms with van der Waals surface area (Å²) in [6, 6.07) is 7.76. The number of non-ortho nitro benzene ring substituents is 1. The maximum atomic E-state index is 13.6. The molecule has 2 amide bonds. The number of nitro groups is 1. The van der Waals surface area contributed by atoms with E-state index in [9.17, 15) is 32.5 Å². The third-order valence-electron chi connectivity index (χ3n) is 5.32. The number of nitro benzene ring substituents is 1. The number of carbonyl (C=O) groups is 2. The zero-order chi connectivity index (χ0) is 27.0. The Morgan fingerprint density at radius 1 is 1.17 bits per heavy atom. The van der Waals surface area contributed by atoms with Crippen LogP contribution >= 0.6 is 0 Å². The molecule has 0 aliphatic carbocycles. The lowest BCUT2D eigenvalue weighted by Gasteiger charge is -2.33. The van der Waals surface area contributed by atoms with Gasteiger partial charge in [0.25, 0.3) is 5.69 Å². The summed E-state index contributed by atoms with van der Waals surface area (Å²) in [5.41, 5.74) is -0.0782. The van der Waals surface area contributed by atoms with Crippen LogP contribution in [0.25, 0.3) is 0 Å². The van der Waals surface area contributed by atoms with Crippen LogP contribution in [0, 0.1) is 15.9 Å². The summed E-state index contributed by atoms with van der Waals surface area (Å²) in [5.74, 6) is -1.65. The van der Waals surface area contributed by atoms with Gasteiger partial charge in [-0.05, 0) is 37.1 Å². The van der Waals surface area contributed by atoms with Gasteiger partial charge in [0, 0.05) is 25.2 Å². The van der Waals surface area contributed by atoms with Crippen LogP contribution in [-0.2, 0) is 26.2 Å². The third kappa shape index (κ3) is 7.13. The van der Waals surface area contributed by atoms with Crippen molar-refractivity contribution >= 4 is 33.2 Å². The summed E-state index contributed by atoms with van der Waals surface area (Å²) in [6.45, 7) is 2.87. The first-order valence-electron chi connectivity index (χ1n) is 11.0. The van der Waals surface area contributed by atoms with Gasteiger partial charge in [-0.3, -0.25) is 24.0 Å². The van der Waals surface area contributed by atoms with E-state index in [1.165, 1.54) is 42.3 Å². The number of halogens is 1. The molecule has 0 spiro atoms. The topological polar surface area (TPSA) is 139 Å². The van der Waals surface area contributed by atoms with E-state index in [4.69, 9.17) is 4.74 Å². The molecule has 0 saturated heterocycles. The fraction of sp³-hybridized carbons (Fsp3) is 0.391. The summed E-state index contributed by atoms with van der Waals surface area (Å²) in [5, 5.41) is 14.0. The van der Waals surface area contributed by atoms with E-state index in [0.717, 1.165) is 18.4 Å². The first-order chi connectivity index (χ1) is 16.9. The summed E-state index contributed by atoms with van der Waals surface area (Å²) >= 11 is 0. The zero-order valence-corrected chi connectivity index (χ0v) is 21.2. The van der Waals surface area contributed by atoms with E-state index in [1.54, 1.807) is 13.8 Å². The molecule has 2 aromatic rings. The van der Waals surface area contributed by atoms with E-state index < -0.39 is 50.9 Å². The number of carbonyl (C=O) groups excluding carboxylic acids is 2. The molecule has 2 aromatic carbocycles. The van der Waals surface area contributed by atoms with Crippen molar-refractivity contribution in [2.24, 2.45) is 0 Å². The highest BCUT2D eigenvalue weighted by Gasteiger charge is 2.33. The third-order valence-corrected chi connectivity index (χ3v) is 6.45. The van der Waals surface area contributed by atoms with E-state index >= 15 is 0 Å². The molecule has 13 heteroatoms. The van der Waals surface area contributed by atoms with Crippen molar-refractivity contribution in [3.05, 3.63) is 64.0 Å². The average molecular weight is 525 g/mol. The van der Waals surface area contributed by atoms with Crippen molar-refractivity contribution in [2.45, 2.75) is 32.9 Å². The van der Waals surface area contributed by atoms with E-state index in [1.807, 2.05) is 0 Å². The smallest absolute Gasteiger partial charge is 0.271 e. The van der Waals surface area contributed by atoms with Crippen LogP contribution in [-0.4, -0.2) is 62.6 Å². The molecule has 0 aromatic heterocycles. The number of sulfonamides is 1. The number of anilines is 1. The number of amides is 2. The summed E-state index contributed by atoms with van der Waals surface area (Å²) in [6.07, 6.45) is 1.07. The molecule has 1 atom stereocenters. The maximum Gasteiger partial charge on any atom is 0.271 e. The van der Waals surface area contributed by atoms with Gasteiger partial charge in [-0.25, -0.2) is 12.8 Å². The van der Waals surface area contributed by atoms with Gasteiger partial charge < -0.3 is 15.0 Å². The minimum absolute atomic E-state index is 0.000299. The molecule has 2 rings (SSSR count). The van der Waals surface area contributed by atoms with Gasteiger partial charge >= 0.3 is 0 Å². The van der Waals surface area contributed by atoms with Crippen molar-refractivity contribution in [1.82, 2.24) is 10.2 Å². The molecule has 0 aliphatic rings. The molecular weight excluding hydrogens is 495 g/mol. The van der Waals surface area contributed by atoms with E-state index in [2.05, 4.69) is 5.32 Å². The second-order valence-corrected chi connectivity index (χ2v) is 9.76. The number of nitrogens with zero attached hydrogens (tertiary/aromatic N) is 3. The van der Waals surface area contributed by atoms with Gasteiger partial charge in [0.2, 0.25) is 21.8 Å². The van der Waals surface area contributed by atoms with Crippen LogP contribution in [0.3, 0.4) is 0 Å². The normalized spacial score (nSPS) is 11.9. The first-order valence-corrected chi connectivity index (χ1v) is 12.9. The van der Waals surface area contributed by atoms with Crippen LogP contribution < -0.4 is 14.4 Å². The first kappa shape index (κ1) is 28.5. The predicted octanol–water partition coefficient (Wildman–Crippen LogP) is 2.45. The number of rotatable bonds is 12. The molecule has 0 fully saturated rings. The van der Waals surface area contributed by atoms with E-state index in [-0.39, 0.29) is 24.4 Å². The molecule has 11 nitrogen and oxygen atoms in total. The molecule has 0 unspecified atom stereocenters. The number of methoxy groups -OCH3 is 1. The van der Waals surface area contributed by atoms with Crippen LogP contribution in [0.1, 0.15) is 25.8 Å². The SMILES string of the molecule is CCNC(=O)[C@H](CC)N(Cc1ccc(F)cc1)C(=O)CN(c1cc([N+](=O)[O-])ccc1OC)S(C)(=O)=O. The highest BCUT2D eigenvalue weighted by atomic mass is 32.2. The number of ether oxygens (including phenoxy) is 1. The Kier molecular flexibility index (Phi) is 9.73. The minimum atomic E-state index is -4.13. The second-order valence-electron chi connectivity index (χ2n) is 7.85. The van der Waals surface area contributed by atoms with Crippen LogP contribution in [0.4, 0.5) is 15.8 Å². The van der Waals surface area contributed by atoms with Crippen molar-refractivity contribution in [2.75, 3.05) is 30.8 Å². The average Bonchev–Trinajstić information content (AvgIpc) is 2.82. The second kappa shape index (κ2) is 12.3. The Bertz CT molecular complexity index is 1210. The van der Waals surface area contributed by atoms with Crippen molar-refractivity contribution in [1.29, 1.82) is 0 Å².